The lowest BCUT2D eigenvalue weighted by molar-refractivity contribution is -0.389. The summed E-state index contributed by atoms with van der Waals surface area (Å²) in [7, 11) is 0. The van der Waals surface area contributed by atoms with E-state index < -0.39 is 9.85 Å². The van der Waals surface area contributed by atoms with Crippen LogP contribution in [0.3, 0.4) is 0 Å². The summed E-state index contributed by atoms with van der Waals surface area (Å²) in [5.41, 5.74) is -0.304. The fourth-order valence-electron chi connectivity index (χ4n) is 0.696. The topological polar surface area (TPSA) is 86.3 Å². The minimum absolute atomic E-state index is 0.152. The number of nitro groups is 2. The van der Waals surface area contributed by atoms with E-state index >= 15 is 0 Å². The Hall–Kier alpha value is -1.98. The lowest BCUT2D eigenvalue weighted by atomic mass is 10.3. The SMILES string of the molecule is CCCC.O=[N+]([O-])c1ccc([N+](=O)[O-])cc1. The Kier molecular flexibility index (Phi) is 6.42. The van der Waals surface area contributed by atoms with E-state index in [1.807, 2.05) is 0 Å². The second kappa shape index (κ2) is 7.33. The Morgan fingerprint density at radius 1 is 0.875 bits per heavy atom. The third-order valence-corrected chi connectivity index (χ3v) is 1.77. The van der Waals surface area contributed by atoms with Gasteiger partial charge in [-0.05, 0) is 0 Å². The maximum absolute atomic E-state index is 10.1. The number of nitro benzene ring substituents is 2. The molecule has 0 spiro atoms. The first kappa shape index (κ1) is 14.0. The van der Waals surface area contributed by atoms with Crippen LogP contribution in [0.1, 0.15) is 26.7 Å². The van der Waals surface area contributed by atoms with Crippen molar-refractivity contribution in [2.45, 2.75) is 26.7 Å². The quantitative estimate of drug-likeness (QED) is 0.584. The largest absolute Gasteiger partial charge is 0.269 e. The van der Waals surface area contributed by atoms with Crippen LogP contribution in [0, 0.1) is 20.2 Å². The van der Waals surface area contributed by atoms with Crippen LogP contribution < -0.4 is 0 Å². The molecule has 0 aliphatic rings. The molecule has 0 bridgehead atoms. The molecule has 6 nitrogen and oxygen atoms in total. The fraction of sp³-hybridized carbons (Fsp3) is 0.400. The van der Waals surface area contributed by atoms with Crippen LogP contribution in [0.2, 0.25) is 0 Å². The first-order chi connectivity index (χ1) is 7.52. The van der Waals surface area contributed by atoms with Crippen molar-refractivity contribution in [3.8, 4) is 0 Å². The molecule has 0 fully saturated rings. The summed E-state index contributed by atoms with van der Waals surface area (Å²) in [5.74, 6) is 0. The molecule has 0 N–H and O–H groups in total. The number of hydrogen-bond donors (Lipinski definition) is 0. The summed E-state index contributed by atoms with van der Waals surface area (Å²) < 4.78 is 0. The van der Waals surface area contributed by atoms with E-state index in [9.17, 15) is 20.2 Å². The van der Waals surface area contributed by atoms with Crippen molar-refractivity contribution >= 4 is 11.4 Å². The van der Waals surface area contributed by atoms with Gasteiger partial charge in [-0.2, -0.15) is 0 Å². The van der Waals surface area contributed by atoms with Gasteiger partial charge < -0.3 is 0 Å². The normalized spacial score (nSPS) is 8.88. The summed E-state index contributed by atoms with van der Waals surface area (Å²) in [6, 6.07) is 4.38. The Labute approximate surface area is 93.2 Å². The van der Waals surface area contributed by atoms with Crippen molar-refractivity contribution in [1.29, 1.82) is 0 Å². The van der Waals surface area contributed by atoms with E-state index in [0.29, 0.717) is 0 Å². The first-order valence-corrected chi connectivity index (χ1v) is 4.91. The second-order valence-corrected chi connectivity index (χ2v) is 3.03. The lowest BCUT2D eigenvalue weighted by Gasteiger charge is -1.90. The zero-order chi connectivity index (χ0) is 12.6. The second-order valence-electron chi connectivity index (χ2n) is 3.03. The monoisotopic (exact) mass is 226 g/mol. The fourth-order valence-corrected chi connectivity index (χ4v) is 0.696. The number of unbranched alkanes of at least 4 members (excludes halogenated alkanes) is 1. The van der Waals surface area contributed by atoms with Crippen LogP contribution in [0.4, 0.5) is 11.4 Å². The van der Waals surface area contributed by atoms with Crippen molar-refractivity contribution in [2.24, 2.45) is 0 Å². The minimum atomic E-state index is -0.607. The van der Waals surface area contributed by atoms with Crippen LogP contribution >= 0.6 is 0 Å². The predicted octanol–water partition coefficient (Wildman–Crippen LogP) is 3.31. The molecule has 1 rings (SSSR count). The highest BCUT2D eigenvalue weighted by Gasteiger charge is 2.08. The molecule has 0 amide bonds. The molecule has 0 aromatic heterocycles. The highest BCUT2D eigenvalue weighted by Crippen LogP contribution is 2.16. The molecule has 0 saturated carbocycles. The van der Waals surface area contributed by atoms with Gasteiger partial charge in [0, 0.05) is 24.3 Å². The smallest absolute Gasteiger partial charge is 0.258 e. The number of rotatable bonds is 3. The van der Waals surface area contributed by atoms with Gasteiger partial charge >= 0.3 is 0 Å². The standard InChI is InChI=1S/C6H4N2O4.C4H10/c9-7(10)5-1-2-6(4-3-5)8(11)12;1-3-4-2/h1-4H;3-4H2,1-2H3. The van der Waals surface area contributed by atoms with Gasteiger partial charge in [-0.25, -0.2) is 0 Å². The zero-order valence-electron chi connectivity index (χ0n) is 9.25. The summed E-state index contributed by atoms with van der Waals surface area (Å²) in [4.78, 5) is 19.0. The van der Waals surface area contributed by atoms with Crippen molar-refractivity contribution in [3.05, 3.63) is 44.5 Å². The van der Waals surface area contributed by atoms with Gasteiger partial charge in [-0.15, -0.1) is 0 Å². The van der Waals surface area contributed by atoms with Gasteiger partial charge in [0.15, 0.2) is 0 Å². The van der Waals surface area contributed by atoms with Gasteiger partial charge in [0.05, 0.1) is 9.85 Å². The molecule has 0 atom stereocenters. The maximum atomic E-state index is 10.1. The van der Waals surface area contributed by atoms with Crippen LogP contribution in [0.5, 0.6) is 0 Å². The number of nitrogens with zero attached hydrogens (tertiary/aromatic N) is 2. The average Bonchev–Trinajstić information content (AvgIpc) is 2.29. The first-order valence-electron chi connectivity index (χ1n) is 4.91. The predicted molar refractivity (Wildman–Crippen MR) is 60.3 cm³/mol. The Bertz CT molecular complexity index is 313. The third kappa shape index (κ3) is 5.04. The summed E-state index contributed by atoms with van der Waals surface area (Å²) in [6.07, 6.45) is 2.64. The Balaban J connectivity index is 0.000000487. The molecule has 88 valence electrons. The molecule has 0 heterocycles. The zero-order valence-corrected chi connectivity index (χ0v) is 9.25. The highest BCUT2D eigenvalue weighted by atomic mass is 16.6. The van der Waals surface area contributed by atoms with Gasteiger partial charge in [0.2, 0.25) is 0 Å². The Morgan fingerprint density at radius 3 is 1.25 bits per heavy atom. The van der Waals surface area contributed by atoms with Crippen molar-refractivity contribution in [3.63, 3.8) is 0 Å². The highest BCUT2D eigenvalue weighted by molar-refractivity contribution is 5.39. The molecular weight excluding hydrogens is 212 g/mol. The summed E-state index contributed by atoms with van der Waals surface area (Å²) >= 11 is 0. The molecule has 1 aromatic rings. The molecule has 16 heavy (non-hydrogen) atoms. The average molecular weight is 226 g/mol. The molecule has 1 aromatic carbocycles. The van der Waals surface area contributed by atoms with Crippen molar-refractivity contribution < 1.29 is 9.85 Å². The summed E-state index contributed by atoms with van der Waals surface area (Å²) in [6.45, 7) is 4.36. The molecule has 0 radical (unpaired) electrons. The number of hydrogen-bond acceptors (Lipinski definition) is 4. The lowest BCUT2D eigenvalue weighted by Crippen LogP contribution is -1.90. The molecule has 0 unspecified atom stereocenters. The van der Waals surface area contributed by atoms with E-state index in [1.54, 1.807) is 0 Å². The third-order valence-electron chi connectivity index (χ3n) is 1.77. The van der Waals surface area contributed by atoms with Crippen LogP contribution in [0.15, 0.2) is 24.3 Å². The molecule has 0 aliphatic heterocycles. The van der Waals surface area contributed by atoms with E-state index in [-0.39, 0.29) is 11.4 Å². The van der Waals surface area contributed by atoms with Crippen LogP contribution in [-0.4, -0.2) is 9.85 Å². The number of non-ortho nitro benzene ring substituents is 2. The molecule has 0 aliphatic carbocycles. The van der Waals surface area contributed by atoms with E-state index in [0.717, 1.165) is 24.3 Å². The summed E-state index contributed by atoms with van der Waals surface area (Å²) in [5, 5.41) is 20.2. The van der Waals surface area contributed by atoms with Crippen molar-refractivity contribution in [2.75, 3.05) is 0 Å². The number of benzene rings is 1. The molecule has 6 heteroatoms. The van der Waals surface area contributed by atoms with Crippen LogP contribution in [-0.2, 0) is 0 Å². The van der Waals surface area contributed by atoms with Gasteiger partial charge in [-0.1, -0.05) is 26.7 Å². The minimum Gasteiger partial charge on any atom is -0.258 e. The van der Waals surface area contributed by atoms with E-state index in [2.05, 4.69) is 13.8 Å². The maximum Gasteiger partial charge on any atom is 0.269 e. The van der Waals surface area contributed by atoms with E-state index in [1.165, 1.54) is 12.8 Å². The van der Waals surface area contributed by atoms with Gasteiger partial charge in [0.1, 0.15) is 0 Å². The molecule has 0 saturated heterocycles. The molecular formula is C10H14N2O4. The van der Waals surface area contributed by atoms with Gasteiger partial charge in [-0.3, -0.25) is 20.2 Å². The van der Waals surface area contributed by atoms with E-state index in [4.69, 9.17) is 0 Å². The van der Waals surface area contributed by atoms with Crippen molar-refractivity contribution in [1.82, 2.24) is 0 Å². The Morgan fingerprint density at radius 2 is 1.12 bits per heavy atom. The van der Waals surface area contributed by atoms with Crippen LogP contribution in [0.25, 0.3) is 0 Å². The van der Waals surface area contributed by atoms with Gasteiger partial charge in [0.25, 0.3) is 11.4 Å².